The van der Waals surface area contributed by atoms with Crippen LogP contribution in [0.3, 0.4) is 0 Å². The lowest BCUT2D eigenvalue weighted by Crippen LogP contribution is -2.03. The Morgan fingerprint density at radius 2 is 1.88 bits per heavy atom. The first kappa shape index (κ1) is 16.1. The van der Waals surface area contributed by atoms with Crippen molar-refractivity contribution in [1.82, 2.24) is 4.98 Å². The van der Waals surface area contributed by atoms with Crippen molar-refractivity contribution in [3.8, 4) is 23.6 Å². The number of hydrogen-bond donors (Lipinski definition) is 3. The number of aromatic hydroxyl groups is 2. The highest BCUT2D eigenvalue weighted by molar-refractivity contribution is 6.09. The molecule has 0 fully saturated rings. The summed E-state index contributed by atoms with van der Waals surface area (Å²) in [6, 6.07) is 8.45. The number of phenolic OH excluding ortho intramolecular Hbond substituents is 2. The largest absolute Gasteiger partial charge is 0.508 e. The summed E-state index contributed by atoms with van der Waals surface area (Å²) < 4.78 is 0. The normalized spacial score (nSPS) is 14.3. The van der Waals surface area contributed by atoms with E-state index in [0.717, 1.165) is 0 Å². The zero-order valence-corrected chi connectivity index (χ0v) is 13.6. The van der Waals surface area contributed by atoms with E-state index in [2.05, 4.69) is 11.1 Å². The molecule has 0 aliphatic heterocycles. The maximum absolute atomic E-state index is 10.0. The van der Waals surface area contributed by atoms with E-state index in [1.165, 1.54) is 12.1 Å². The second-order valence-corrected chi connectivity index (χ2v) is 5.75. The number of nitrogen functional groups attached to an aromatic ring is 1. The molecule has 4 N–H and O–H groups in total. The number of phenols is 2. The molecule has 6 heteroatoms. The summed E-state index contributed by atoms with van der Waals surface area (Å²) in [5.74, 6) is -0.0457. The Morgan fingerprint density at radius 3 is 2.48 bits per heavy atom. The number of hydrogen-bond acceptors (Lipinski definition) is 6. The number of pyridine rings is 1. The Kier molecular flexibility index (Phi) is 3.67. The number of fused-ring (bicyclic) bond motifs is 1. The van der Waals surface area contributed by atoms with E-state index in [-0.39, 0.29) is 22.9 Å². The molecule has 0 radical (unpaired) electrons. The third-order valence-corrected chi connectivity index (χ3v) is 4.30. The van der Waals surface area contributed by atoms with Crippen LogP contribution in [0.15, 0.2) is 23.8 Å². The van der Waals surface area contributed by atoms with Crippen LogP contribution in [0.5, 0.6) is 11.5 Å². The third kappa shape index (κ3) is 2.37. The quantitative estimate of drug-likeness (QED) is 0.737. The standard InChI is InChI=1S/C19H14N4O2/c1-9-13(5-11-3-4-12(24)6-16(11)25)17-10(2)15(8-21)19(22)23-18(17)14(9)7-20/h3-6,24-25H,1-2H3,(H2,22,23). The van der Waals surface area contributed by atoms with Gasteiger partial charge in [-0.2, -0.15) is 10.5 Å². The Morgan fingerprint density at radius 1 is 1.16 bits per heavy atom. The molecule has 122 valence electrons. The van der Waals surface area contributed by atoms with Gasteiger partial charge in [0.25, 0.3) is 0 Å². The zero-order chi connectivity index (χ0) is 18.3. The summed E-state index contributed by atoms with van der Waals surface area (Å²) in [4.78, 5) is 4.25. The zero-order valence-electron chi connectivity index (χ0n) is 13.6. The second kappa shape index (κ2) is 5.70. The fraction of sp³-hybridized carbons (Fsp3) is 0.105. The van der Waals surface area contributed by atoms with E-state index in [0.29, 0.717) is 39.1 Å². The lowest BCUT2D eigenvalue weighted by Gasteiger charge is -2.11. The maximum Gasteiger partial charge on any atom is 0.142 e. The maximum atomic E-state index is 10.0. The topological polar surface area (TPSA) is 127 Å². The van der Waals surface area contributed by atoms with Crippen LogP contribution in [0.2, 0.25) is 0 Å². The molecule has 1 aromatic heterocycles. The van der Waals surface area contributed by atoms with Crippen molar-refractivity contribution in [2.75, 3.05) is 5.73 Å². The van der Waals surface area contributed by atoms with Crippen LogP contribution < -0.4 is 5.73 Å². The highest BCUT2D eigenvalue weighted by Gasteiger charge is 2.29. The average molecular weight is 330 g/mol. The van der Waals surface area contributed by atoms with E-state index in [9.17, 15) is 20.7 Å². The predicted octanol–water partition coefficient (Wildman–Crippen LogP) is 3.11. The van der Waals surface area contributed by atoms with Gasteiger partial charge in [-0.3, -0.25) is 0 Å². The van der Waals surface area contributed by atoms with Crippen molar-refractivity contribution < 1.29 is 10.2 Å². The number of anilines is 1. The summed E-state index contributed by atoms with van der Waals surface area (Å²) in [5, 5.41) is 38.3. The van der Waals surface area contributed by atoms with Crippen LogP contribution >= 0.6 is 0 Å². The molecule has 0 unspecified atom stereocenters. The second-order valence-electron chi connectivity index (χ2n) is 5.75. The van der Waals surface area contributed by atoms with Gasteiger partial charge in [0.1, 0.15) is 29.5 Å². The van der Waals surface area contributed by atoms with Crippen molar-refractivity contribution in [3.63, 3.8) is 0 Å². The van der Waals surface area contributed by atoms with Crippen LogP contribution in [0, 0.1) is 29.6 Å². The van der Waals surface area contributed by atoms with Gasteiger partial charge in [0.15, 0.2) is 0 Å². The number of nitrogens with zero attached hydrogens (tertiary/aromatic N) is 3. The van der Waals surface area contributed by atoms with E-state index >= 15 is 0 Å². The highest BCUT2D eigenvalue weighted by Crippen LogP contribution is 2.44. The van der Waals surface area contributed by atoms with Crippen molar-refractivity contribution in [3.05, 3.63) is 51.7 Å². The molecule has 0 amide bonds. The summed E-state index contributed by atoms with van der Waals surface area (Å²) in [5.41, 5.74) is 10.1. The Balaban J connectivity index is 2.34. The van der Waals surface area contributed by atoms with Gasteiger partial charge in [0.2, 0.25) is 0 Å². The molecule has 0 spiro atoms. The first-order valence-corrected chi connectivity index (χ1v) is 7.45. The lowest BCUT2D eigenvalue weighted by molar-refractivity contribution is 0.450. The molecule has 1 aromatic carbocycles. The molecule has 6 nitrogen and oxygen atoms in total. The summed E-state index contributed by atoms with van der Waals surface area (Å²) in [6.45, 7) is 3.54. The fourth-order valence-electron chi connectivity index (χ4n) is 3.01. The van der Waals surface area contributed by atoms with Gasteiger partial charge in [-0.1, -0.05) is 0 Å². The molecule has 0 atom stereocenters. The van der Waals surface area contributed by atoms with E-state index in [1.54, 1.807) is 26.0 Å². The van der Waals surface area contributed by atoms with Gasteiger partial charge in [0, 0.05) is 17.2 Å². The molecule has 3 rings (SSSR count). The first-order valence-electron chi connectivity index (χ1n) is 7.45. The number of nitriles is 2. The molecule has 0 saturated carbocycles. The van der Waals surface area contributed by atoms with Gasteiger partial charge in [-0.05, 0) is 48.8 Å². The van der Waals surface area contributed by atoms with Gasteiger partial charge < -0.3 is 15.9 Å². The molecular formula is C19H14N4O2. The predicted molar refractivity (Wildman–Crippen MR) is 94.0 cm³/mol. The molecular weight excluding hydrogens is 316 g/mol. The number of rotatable bonds is 1. The average Bonchev–Trinajstić information content (AvgIpc) is 2.82. The molecule has 0 saturated heterocycles. The van der Waals surface area contributed by atoms with E-state index in [1.807, 2.05) is 6.07 Å². The van der Waals surface area contributed by atoms with Crippen LogP contribution in [0.25, 0.3) is 17.2 Å². The molecule has 1 heterocycles. The summed E-state index contributed by atoms with van der Waals surface area (Å²) in [6.07, 6.45) is 1.71. The summed E-state index contributed by atoms with van der Waals surface area (Å²) >= 11 is 0. The Labute approximate surface area is 144 Å². The van der Waals surface area contributed by atoms with E-state index in [4.69, 9.17) is 5.73 Å². The van der Waals surface area contributed by atoms with Gasteiger partial charge in [-0.25, -0.2) is 4.98 Å². The molecule has 1 aliphatic carbocycles. The minimum atomic E-state index is -0.0891. The third-order valence-electron chi connectivity index (χ3n) is 4.30. The van der Waals surface area contributed by atoms with Gasteiger partial charge >= 0.3 is 0 Å². The molecule has 25 heavy (non-hydrogen) atoms. The minimum absolute atomic E-state index is 0.0474. The smallest absolute Gasteiger partial charge is 0.142 e. The number of nitrogens with two attached hydrogens (primary N) is 1. The molecule has 0 bridgehead atoms. The molecule has 1 aliphatic rings. The van der Waals surface area contributed by atoms with Crippen LogP contribution in [0.1, 0.15) is 34.9 Å². The van der Waals surface area contributed by atoms with Crippen LogP contribution in [-0.4, -0.2) is 15.2 Å². The van der Waals surface area contributed by atoms with E-state index < -0.39 is 0 Å². The van der Waals surface area contributed by atoms with Crippen LogP contribution in [-0.2, 0) is 0 Å². The van der Waals surface area contributed by atoms with Crippen molar-refractivity contribution >= 4 is 23.0 Å². The van der Waals surface area contributed by atoms with Crippen molar-refractivity contribution in [2.45, 2.75) is 13.8 Å². The van der Waals surface area contributed by atoms with Gasteiger partial charge in [-0.15, -0.1) is 0 Å². The highest BCUT2D eigenvalue weighted by atomic mass is 16.3. The minimum Gasteiger partial charge on any atom is -0.508 e. The fourth-order valence-corrected chi connectivity index (χ4v) is 3.01. The SMILES string of the molecule is CC1=C(C#N)c2nc(N)c(C#N)c(C)c2C1=Cc1ccc(O)cc1O. The monoisotopic (exact) mass is 330 g/mol. The molecule has 2 aromatic rings. The summed E-state index contributed by atoms with van der Waals surface area (Å²) in [7, 11) is 0. The Bertz CT molecular complexity index is 1070. The lowest BCUT2D eigenvalue weighted by atomic mass is 9.95. The van der Waals surface area contributed by atoms with Crippen molar-refractivity contribution in [2.24, 2.45) is 0 Å². The number of aromatic nitrogens is 1. The number of allylic oxidation sites excluding steroid dienone is 3. The number of benzene rings is 1. The Hall–Kier alpha value is -3.77. The van der Waals surface area contributed by atoms with Gasteiger partial charge in [0.05, 0.1) is 16.8 Å². The van der Waals surface area contributed by atoms with Crippen LogP contribution in [0.4, 0.5) is 5.82 Å². The van der Waals surface area contributed by atoms with Crippen molar-refractivity contribution in [1.29, 1.82) is 10.5 Å². The first-order chi connectivity index (χ1) is 11.9.